The summed E-state index contributed by atoms with van der Waals surface area (Å²) in [6, 6.07) is 21.2. The third kappa shape index (κ3) is 3.66. The number of aliphatic hydroxyl groups excluding tert-OH is 1. The molecule has 154 valence electrons. The first-order valence-corrected chi connectivity index (χ1v) is 10.6. The Morgan fingerprint density at radius 2 is 1.55 bits per heavy atom. The van der Waals surface area contributed by atoms with Crippen molar-refractivity contribution < 1.29 is 14.6 Å². The van der Waals surface area contributed by atoms with Gasteiger partial charge in [0.2, 0.25) is 0 Å². The fourth-order valence-corrected chi connectivity index (χ4v) is 5.35. The fourth-order valence-electron chi connectivity index (χ4n) is 5.35. The summed E-state index contributed by atoms with van der Waals surface area (Å²) in [5, 5.41) is 10.9. The Morgan fingerprint density at radius 1 is 1.00 bits per heavy atom. The minimum Gasteiger partial charge on any atom is -0.444 e. The second kappa shape index (κ2) is 7.49. The number of nitrogens with zero attached hydrogens (tertiary/aromatic N) is 1. The second-order valence-electron chi connectivity index (χ2n) is 9.47. The lowest BCUT2D eigenvalue weighted by molar-refractivity contribution is 0.0212. The zero-order valence-electron chi connectivity index (χ0n) is 17.5. The van der Waals surface area contributed by atoms with E-state index in [0.29, 0.717) is 13.1 Å². The molecule has 4 heteroatoms. The van der Waals surface area contributed by atoms with Gasteiger partial charge in [-0.05, 0) is 50.7 Å². The average Bonchev–Trinajstić information content (AvgIpc) is 3.16. The Balaban J connectivity index is 1.76. The SMILES string of the molecule is CC(C)(C)OC(=O)N1C[C@H]2[C@@H](C1)C(c1ccccc1)(c1ccccc1)CC[C@@H]2O. The van der Waals surface area contributed by atoms with Gasteiger partial charge < -0.3 is 14.7 Å². The van der Waals surface area contributed by atoms with Crippen LogP contribution >= 0.6 is 0 Å². The number of carbonyl (C=O) groups is 1. The van der Waals surface area contributed by atoms with E-state index < -0.39 is 11.7 Å². The van der Waals surface area contributed by atoms with Crippen molar-refractivity contribution >= 4 is 6.09 Å². The van der Waals surface area contributed by atoms with Gasteiger partial charge in [0.05, 0.1) is 6.10 Å². The molecular formula is C25H31NO3. The highest BCUT2D eigenvalue weighted by Gasteiger charge is 2.55. The Labute approximate surface area is 173 Å². The normalized spacial score (nSPS) is 26.1. The molecule has 0 radical (unpaired) electrons. The van der Waals surface area contributed by atoms with Crippen molar-refractivity contribution in [3.63, 3.8) is 0 Å². The van der Waals surface area contributed by atoms with E-state index in [4.69, 9.17) is 4.74 Å². The van der Waals surface area contributed by atoms with Gasteiger partial charge in [-0.15, -0.1) is 0 Å². The van der Waals surface area contributed by atoms with Crippen LogP contribution in [-0.2, 0) is 10.2 Å². The Hall–Kier alpha value is -2.33. The molecule has 29 heavy (non-hydrogen) atoms. The molecule has 2 aromatic carbocycles. The minimum atomic E-state index is -0.528. The van der Waals surface area contributed by atoms with E-state index in [1.165, 1.54) is 11.1 Å². The van der Waals surface area contributed by atoms with Crippen LogP contribution in [0.2, 0.25) is 0 Å². The Morgan fingerprint density at radius 3 is 2.07 bits per heavy atom. The first-order valence-electron chi connectivity index (χ1n) is 10.6. The molecule has 1 aliphatic carbocycles. The molecule has 4 nitrogen and oxygen atoms in total. The summed E-state index contributed by atoms with van der Waals surface area (Å²) in [6.07, 6.45) is 0.917. The standard InChI is InChI=1S/C25H31NO3/c1-24(2,3)29-23(28)26-16-20-21(17-26)25(15-14-22(20)27,18-10-6-4-7-11-18)19-12-8-5-9-13-19/h4-13,20-22,27H,14-17H2,1-3H3/t20-,21+,22-/m0/s1. The quantitative estimate of drug-likeness (QED) is 0.811. The first kappa shape index (κ1) is 20.0. The third-order valence-corrected chi connectivity index (χ3v) is 6.56. The molecule has 2 fully saturated rings. The predicted octanol–water partition coefficient (Wildman–Crippen LogP) is 4.61. The van der Waals surface area contributed by atoms with Crippen LogP contribution in [0.15, 0.2) is 60.7 Å². The van der Waals surface area contributed by atoms with Gasteiger partial charge in [0.15, 0.2) is 0 Å². The van der Waals surface area contributed by atoms with Crippen molar-refractivity contribution in [2.24, 2.45) is 11.8 Å². The number of fused-ring (bicyclic) bond motifs is 1. The van der Waals surface area contributed by atoms with Crippen molar-refractivity contribution in [1.29, 1.82) is 0 Å². The fraction of sp³-hybridized carbons (Fsp3) is 0.480. The minimum absolute atomic E-state index is 0.0386. The van der Waals surface area contributed by atoms with Crippen LogP contribution in [0.4, 0.5) is 4.79 Å². The van der Waals surface area contributed by atoms with Gasteiger partial charge >= 0.3 is 6.09 Å². The number of carbonyl (C=O) groups excluding carboxylic acids is 1. The van der Waals surface area contributed by atoms with Gasteiger partial charge in [-0.2, -0.15) is 0 Å². The van der Waals surface area contributed by atoms with Crippen molar-refractivity contribution in [2.45, 2.75) is 50.7 Å². The van der Waals surface area contributed by atoms with Crippen molar-refractivity contribution in [2.75, 3.05) is 13.1 Å². The molecule has 0 aromatic heterocycles. The van der Waals surface area contributed by atoms with E-state index in [9.17, 15) is 9.90 Å². The highest BCUT2D eigenvalue weighted by Crippen LogP contribution is 2.53. The lowest BCUT2D eigenvalue weighted by atomic mass is 9.56. The average molecular weight is 394 g/mol. The van der Waals surface area contributed by atoms with Gasteiger partial charge in [-0.3, -0.25) is 0 Å². The van der Waals surface area contributed by atoms with Crippen LogP contribution < -0.4 is 0 Å². The summed E-state index contributed by atoms with van der Waals surface area (Å²) in [5.41, 5.74) is 1.78. The zero-order valence-corrected chi connectivity index (χ0v) is 17.5. The van der Waals surface area contributed by atoms with Gasteiger partial charge in [0, 0.05) is 24.4 Å². The van der Waals surface area contributed by atoms with E-state index in [2.05, 4.69) is 48.5 Å². The maximum Gasteiger partial charge on any atom is 0.410 e. The molecule has 3 atom stereocenters. The molecule has 1 heterocycles. The molecule has 1 aliphatic heterocycles. The van der Waals surface area contributed by atoms with E-state index in [1.54, 1.807) is 4.90 Å². The molecule has 1 saturated heterocycles. The molecule has 1 saturated carbocycles. The summed E-state index contributed by atoms with van der Waals surface area (Å²) in [6.45, 7) is 6.81. The largest absolute Gasteiger partial charge is 0.444 e. The van der Waals surface area contributed by atoms with Crippen LogP contribution in [-0.4, -0.2) is 40.9 Å². The second-order valence-corrected chi connectivity index (χ2v) is 9.47. The van der Waals surface area contributed by atoms with Gasteiger partial charge in [-0.25, -0.2) is 4.79 Å². The van der Waals surface area contributed by atoms with Crippen LogP contribution in [0.5, 0.6) is 0 Å². The zero-order chi connectivity index (χ0) is 20.6. The lowest BCUT2D eigenvalue weighted by Gasteiger charge is -2.48. The van der Waals surface area contributed by atoms with Crippen molar-refractivity contribution in [3.05, 3.63) is 71.8 Å². The lowest BCUT2D eigenvalue weighted by Crippen LogP contribution is -2.48. The number of rotatable bonds is 2. The monoisotopic (exact) mass is 393 g/mol. The van der Waals surface area contributed by atoms with E-state index in [0.717, 1.165) is 12.8 Å². The van der Waals surface area contributed by atoms with Crippen molar-refractivity contribution in [1.82, 2.24) is 4.90 Å². The number of benzene rings is 2. The maximum absolute atomic E-state index is 12.8. The van der Waals surface area contributed by atoms with E-state index in [-0.39, 0.29) is 23.3 Å². The maximum atomic E-state index is 12.8. The Bertz CT molecular complexity index is 804. The van der Waals surface area contributed by atoms with Gasteiger partial charge in [-0.1, -0.05) is 60.7 Å². The first-order chi connectivity index (χ1) is 13.8. The summed E-state index contributed by atoms with van der Waals surface area (Å²) in [7, 11) is 0. The molecule has 0 bridgehead atoms. The van der Waals surface area contributed by atoms with Crippen LogP contribution in [0, 0.1) is 11.8 Å². The number of amides is 1. The topological polar surface area (TPSA) is 49.8 Å². The van der Waals surface area contributed by atoms with Crippen LogP contribution in [0.3, 0.4) is 0 Å². The predicted molar refractivity (Wildman–Crippen MR) is 114 cm³/mol. The van der Waals surface area contributed by atoms with E-state index >= 15 is 0 Å². The molecule has 2 aliphatic rings. The molecule has 0 spiro atoms. The molecule has 2 aromatic rings. The summed E-state index contributed by atoms with van der Waals surface area (Å²) >= 11 is 0. The van der Waals surface area contributed by atoms with Crippen molar-refractivity contribution in [3.8, 4) is 0 Å². The number of likely N-dealkylation sites (tertiary alicyclic amines) is 1. The van der Waals surface area contributed by atoms with Gasteiger partial charge in [0.1, 0.15) is 5.60 Å². The van der Waals surface area contributed by atoms with E-state index in [1.807, 2.05) is 32.9 Å². The smallest absolute Gasteiger partial charge is 0.410 e. The summed E-state index contributed by atoms with van der Waals surface area (Å²) in [5.74, 6) is 0.181. The number of hydrogen-bond acceptors (Lipinski definition) is 3. The molecular weight excluding hydrogens is 362 g/mol. The number of hydrogen-bond donors (Lipinski definition) is 1. The van der Waals surface area contributed by atoms with Crippen LogP contribution in [0.1, 0.15) is 44.7 Å². The number of ether oxygens (including phenoxy) is 1. The molecule has 0 unspecified atom stereocenters. The molecule has 1 amide bonds. The van der Waals surface area contributed by atoms with Crippen LogP contribution in [0.25, 0.3) is 0 Å². The highest BCUT2D eigenvalue weighted by molar-refractivity contribution is 5.69. The number of aliphatic hydroxyl groups is 1. The summed E-state index contributed by atoms with van der Waals surface area (Å²) < 4.78 is 5.65. The highest BCUT2D eigenvalue weighted by atomic mass is 16.6. The molecule has 4 rings (SSSR count). The Kier molecular flexibility index (Phi) is 5.16. The summed E-state index contributed by atoms with van der Waals surface area (Å²) in [4.78, 5) is 14.6. The third-order valence-electron chi connectivity index (χ3n) is 6.56. The van der Waals surface area contributed by atoms with Gasteiger partial charge in [0.25, 0.3) is 0 Å². The molecule has 1 N–H and O–H groups in total.